The van der Waals surface area contributed by atoms with Crippen molar-refractivity contribution in [3.05, 3.63) is 48.2 Å². The molecule has 182 valence electrons. The number of carbonyl (C=O) groups excluding carboxylic acids is 1. The lowest BCUT2D eigenvalue weighted by atomic mass is 10.00. The van der Waals surface area contributed by atoms with Gasteiger partial charge in [0.15, 0.2) is 0 Å². The van der Waals surface area contributed by atoms with Crippen LogP contribution in [-0.2, 0) is 4.74 Å². The van der Waals surface area contributed by atoms with Crippen molar-refractivity contribution in [3.63, 3.8) is 0 Å². The lowest BCUT2D eigenvalue weighted by Crippen LogP contribution is -2.47. The van der Waals surface area contributed by atoms with E-state index in [2.05, 4.69) is 27.3 Å². The van der Waals surface area contributed by atoms with Gasteiger partial charge in [0.1, 0.15) is 17.5 Å². The van der Waals surface area contributed by atoms with Crippen LogP contribution in [0, 0.1) is 5.41 Å². The van der Waals surface area contributed by atoms with Crippen LogP contribution in [0.3, 0.4) is 0 Å². The molecule has 0 bridgehead atoms. The average Bonchev–Trinajstić information content (AvgIpc) is 3.39. The van der Waals surface area contributed by atoms with E-state index in [1.807, 2.05) is 48.3 Å². The third-order valence-corrected chi connectivity index (χ3v) is 6.53. The zero-order valence-corrected chi connectivity index (χ0v) is 20.0. The highest BCUT2D eigenvalue weighted by atomic mass is 16.5. The molecule has 1 atom stereocenters. The van der Waals surface area contributed by atoms with Gasteiger partial charge in [-0.3, -0.25) is 10.00 Å². The molecular weight excluding hydrogens is 444 g/mol. The van der Waals surface area contributed by atoms with Crippen LogP contribution in [0.15, 0.2) is 42.6 Å². The van der Waals surface area contributed by atoms with Gasteiger partial charge in [-0.05, 0) is 42.7 Å². The lowest BCUT2D eigenvalue weighted by Gasteiger charge is -2.35. The number of carbonyl (C=O) groups is 1. The molecule has 4 heterocycles. The third kappa shape index (κ3) is 4.57. The van der Waals surface area contributed by atoms with Crippen LogP contribution in [0.25, 0.3) is 11.1 Å². The van der Waals surface area contributed by atoms with Crippen LogP contribution in [0.1, 0.15) is 18.9 Å². The second-order valence-corrected chi connectivity index (χ2v) is 8.90. The van der Waals surface area contributed by atoms with Crippen molar-refractivity contribution < 1.29 is 9.53 Å². The molecule has 0 unspecified atom stereocenters. The van der Waals surface area contributed by atoms with Gasteiger partial charge in [-0.2, -0.15) is 5.10 Å². The first-order valence-electron chi connectivity index (χ1n) is 11.8. The molecule has 10 heteroatoms. The predicted molar refractivity (Wildman–Crippen MR) is 137 cm³/mol. The molecule has 35 heavy (non-hydrogen) atoms. The molecule has 1 aromatic carbocycles. The number of anilines is 4. The van der Waals surface area contributed by atoms with Crippen molar-refractivity contribution in [1.29, 1.82) is 5.41 Å². The summed E-state index contributed by atoms with van der Waals surface area (Å²) >= 11 is 0. The summed E-state index contributed by atoms with van der Waals surface area (Å²) in [6.45, 7) is 5.63. The first-order chi connectivity index (χ1) is 17.0. The zero-order chi connectivity index (χ0) is 24.4. The van der Waals surface area contributed by atoms with E-state index in [1.165, 1.54) is 6.21 Å². The average molecular weight is 475 g/mol. The maximum absolute atomic E-state index is 12.6. The standard InChI is InChI=1S/C25H30N8O2/c1-17-16-35-13-12-32(17)23-14-20(21(15-26)24(29-23)28-22-8-9-27-30-22)18-4-6-19(7-5-18)33-11-3-10-31(2)25(33)34/h4-9,14-15,17,26H,3,10-13,16H2,1-2H3,(H2,27,28,29,30)/t17-/m1/s1. The Morgan fingerprint density at radius 3 is 2.74 bits per heavy atom. The number of pyridine rings is 1. The Hall–Kier alpha value is -3.92. The van der Waals surface area contributed by atoms with Crippen LogP contribution < -0.4 is 15.1 Å². The van der Waals surface area contributed by atoms with E-state index in [1.54, 1.807) is 11.1 Å². The number of urea groups is 1. The van der Waals surface area contributed by atoms with Crippen molar-refractivity contribution in [2.24, 2.45) is 0 Å². The molecule has 5 rings (SSSR count). The predicted octanol–water partition coefficient (Wildman–Crippen LogP) is 3.70. The fourth-order valence-corrected chi connectivity index (χ4v) is 4.61. The van der Waals surface area contributed by atoms with E-state index in [0.717, 1.165) is 42.1 Å². The zero-order valence-electron chi connectivity index (χ0n) is 20.0. The number of nitrogens with zero attached hydrogens (tertiary/aromatic N) is 5. The van der Waals surface area contributed by atoms with Gasteiger partial charge in [0.2, 0.25) is 0 Å². The highest BCUT2D eigenvalue weighted by molar-refractivity contribution is 5.97. The van der Waals surface area contributed by atoms with Gasteiger partial charge < -0.3 is 25.3 Å². The molecule has 0 radical (unpaired) electrons. The topological polar surface area (TPSA) is 113 Å². The van der Waals surface area contributed by atoms with Gasteiger partial charge in [0, 0.05) is 50.2 Å². The number of nitrogens with one attached hydrogen (secondary N) is 3. The molecule has 2 amide bonds. The van der Waals surface area contributed by atoms with Crippen LogP contribution in [0.4, 0.5) is 27.9 Å². The summed E-state index contributed by atoms with van der Waals surface area (Å²) in [6, 6.07) is 12.0. The lowest BCUT2D eigenvalue weighted by molar-refractivity contribution is 0.0985. The number of rotatable bonds is 6. The van der Waals surface area contributed by atoms with Crippen LogP contribution >= 0.6 is 0 Å². The molecule has 2 saturated heterocycles. The number of amides is 2. The molecule has 2 aliphatic rings. The minimum Gasteiger partial charge on any atom is -0.377 e. The number of benzene rings is 1. The first-order valence-corrected chi connectivity index (χ1v) is 11.8. The Kier molecular flexibility index (Phi) is 6.37. The molecule has 3 aromatic rings. The van der Waals surface area contributed by atoms with Crippen molar-refractivity contribution in [2.45, 2.75) is 19.4 Å². The van der Waals surface area contributed by atoms with Crippen molar-refractivity contribution in [1.82, 2.24) is 20.1 Å². The van der Waals surface area contributed by atoms with E-state index in [0.29, 0.717) is 37.0 Å². The Morgan fingerprint density at radius 2 is 2.03 bits per heavy atom. The highest BCUT2D eigenvalue weighted by Gasteiger charge is 2.25. The summed E-state index contributed by atoms with van der Waals surface area (Å²) in [5.41, 5.74) is 3.38. The second kappa shape index (κ2) is 9.75. The summed E-state index contributed by atoms with van der Waals surface area (Å²) in [4.78, 5) is 23.3. The smallest absolute Gasteiger partial charge is 0.324 e. The van der Waals surface area contributed by atoms with Gasteiger partial charge in [0.25, 0.3) is 0 Å². The first kappa shape index (κ1) is 22.9. The second-order valence-electron chi connectivity index (χ2n) is 8.90. The van der Waals surface area contributed by atoms with Gasteiger partial charge in [0.05, 0.1) is 25.5 Å². The van der Waals surface area contributed by atoms with Crippen LogP contribution in [0.5, 0.6) is 0 Å². The molecule has 0 saturated carbocycles. The maximum atomic E-state index is 12.6. The number of morpholine rings is 1. The molecule has 10 nitrogen and oxygen atoms in total. The third-order valence-electron chi connectivity index (χ3n) is 6.53. The Balaban J connectivity index is 1.55. The minimum absolute atomic E-state index is 0.0164. The highest BCUT2D eigenvalue weighted by Crippen LogP contribution is 2.34. The SMILES string of the molecule is C[C@@H]1COCCN1c1cc(-c2ccc(N3CCCN(C)C3=O)cc2)c(C=N)c(Nc2ccn[nH]2)n1. The van der Waals surface area contributed by atoms with E-state index in [4.69, 9.17) is 15.1 Å². The van der Waals surface area contributed by atoms with Gasteiger partial charge in [-0.15, -0.1) is 0 Å². The van der Waals surface area contributed by atoms with E-state index in [9.17, 15) is 4.79 Å². The summed E-state index contributed by atoms with van der Waals surface area (Å²) < 4.78 is 5.63. The number of hydrogen-bond donors (Lipinski definition) is 3. The molecule has 0 aliphatic carbocycles. The summed E-state index contributed by atoms with van der Waals surface area (Å²) in [7, 11) is 1.83. The minimum atomic E-state index is 0.0164. The Labute approximate surface area is 204 Å². The fraction of sp³-hybridized carbons (Fsp3) is 0.360. The number of ether oxygens (including phenoxy) is 1. The van der Waals surface area contributed by atoms with Gasteiger partial charge in [-0.1, -0.05) is 12.1 Å². The molecule has 2 fully saturated rings. The molecule has 0 spiro atoms. The normalized spacial score (nSPS) is 18.6. The van der Waals surface area contributed by atoms with E-state index < -0.39 is 0 Å². The van der Waals surface area contributed by atoms with E-state index >= 15 is 0 Å². The molecular formula is C25H30N8O2. The number of aromatic nitrogens is 3. The van der Waals surface area contributed by atoms with Gasteiger partial charge in [-0.25, -0.2) is 9.78 Å². The van der Waals surface area contributed by atoms with Crippen molar-refractivity contribution >= 4 is 35.4 Å². The monoisotopic (exact) mass is 474 g/mol. The summed E-state index contributed by atoms with van der Waals surface area (Å²) in [5.74, 6) is 2.09. The van der Waals surface area contributed by atoms with E-state index in [-0.39, 0.29) is 12.1 Å². The van der Waals surface area contributed by atoms with Gasteiger partial charge >= 0.3 is 6.03 Å². The Morgan fingerprint density at radius 1 is 1.20 bits per heavy atom. The van der Waals surface area contributed by atoms with Crippen LogP contribution in [-0.4, -0.2) is 78.3 Å². The molecule has 2 aliphatic heterocycles. The number of hydrogen-bond acceptors (Lipinski definition) is 7. The molecule has 2 aromatic heterocycles. The quantitative estimate of drug-likeness (QED) is 0.470. The summed E-state index contributed by atoms with van der Waals surface area (Å²) in [5, 5.41) is 18.4. The van der Waals surface area contributed by atoms with Crippen molar-refractivity contribution in [2.75, 3.05) is 55.0 Å². The number of H-pyrrole nitrogens is 1. The summed E-state index contributed by atoms with van der Waals surface area (Å²) in [6.07, 6.45) is 3.93. The fourth-order valence-electron chi connectivity index (χ4n) is 4.61. The maximum Gasteiger partial charge on any atom is 0.324 e. The largest absolute Gasteiger partial charge is 0.377 e. The van der Waals surface area contributed by atoms with Crippen molar-refractivity contribution in [3.8, 4) is 11.1 Å². The molecule has 3 N–H and O–H groups in total. The number of aromatic amines is 1. The Bertz CT molecular complexity index is 1190. The van der Waals surface area contributed by atoms with Crippen LogP contribution in [0.2, 0.25) is 0 Å².